The Morgan fingerprint density at radius 3 is 2.41 bits per heavy atom. The Bertz CT molecular complexity index is 1730. The lowest BCUT2D eigenvalue weighted by Crippen LogP contribution is -2.31. The molecule has 0 aliphatic rings. The van der Waals surface area contributed by atoms with Crippen LogP contribution in [0.2, 0.25) is 5.02 Å². The van der Waals surface area contributed by atoms with Gasteiger partial charge in [-0.3, -0.25) is 19.7 Å². The van der Waals surface area contributed by atoms with Crippen LogP contribution in [0.1, 0.15) is 17.6 Å². The summed E-state index contributed by atoms with van der Waals surface area (Å²) in [6.07, 6.45) is 6.59. The maximum Gasteiger partial charge on any atom is 0.217 e. The van der Waals surface area contributed by atoms with Crippen LogP contribution in [0.4, 0.5) is 5.88 Å². The van der Waals surface area contributed by atoms with Gasteiger partial charge in [0.25, 0.3) is 0 Å². The van der Waals surface area contributed by atoms with E-state index >= 15 is 0 Å². The van der Waals surface area contributed by atoms with E-state index in [4.69, 9.17) is 21.0 Å². The molecule has 39 heavy (non-hydrogen) atoms. The average molecular weight is 534 g/mol. The zero-order valence-electron chi connectivity index (χ0n) is 21.1. The molecule has 0 saturated carbocycles. The summed E-state index contributed by atoms with van der Waals surface area (Å²) in [7, 11) is 1.96. The summed E-state index contributed by atoms with van der Waals surface area (Å²) >= 11 is 6.18. The minimum Gasteiger partial charge on any atom is -0.440 e. The van der Waals surface area contributed by atoms with Crippen molar-refractivity contribution < 1.29 is 9.21 Å². The maximum atomic E-state index is 12.6. The minimum absolute atomic E-state index is 0.410. The number of hydrogen-bond acceptors (Lipinski definition) is 5. The van der Waals surface area contributed by atoms with Gasteiger partial charge in [-0.25, -0.2) is 4.98 Å². The van der Waals surface area contributed by atoms with E-state index in [1.165, 1.54) is 0 Å². The van der Waals surface area contributed by atoms with Gasteiger partial charge in [-0.15, -0.1) is 0 Å². The third-order valence-corrected chi connectivity index (χ3v) is 7.00. The fourth-order valence-electron chi connectivity index (χ4n) is 4.78. The number of halogens is 1. The molecule has 6 rings (SSSR count). The Balaban J connectivity index is 1.39. The first-order valence-electron chi connectivity index (χ1n) is 12.5. The molecule has 0 fully saturated rings. The van der Waals surface area contributed by atoms with Crippen molar-refractivity contribution in [2.75, 3.05) is 4.90 Å². The van der Waals surface area contributed by atoms with Gasteiger partial charge in [-0.05, 0) is 48.0 Å². The van der Waals surface area contributed by atoms with Gasteiger partial charge < -0.3 is 8.98 Å². The standard InChI is InChI=1S/C31H24ClN5O2/c1-36-28(22-10-8-21(9-11-22)26-7-3-5-15-34-26)19-35-31(36)27(18-25-6-2-4-14-33-25)37(20-38)30-17-23-16-24(32)12-13-29(23)39-30/h2-17,19-20,27H,18H2,1H3/t27-/m0/s1. The third-order valence-electron chi connectivity index (χ3n) is 6.76. The molecule has 0 N–H and O–H groups in total. The second-order valence-electron chi connectivity index (χ2n) is 9.17. The van der Waals surface area contributed by atoms with Crippen LogP contribution >= 0.6 is 11.6 Å². The number of rotatable bonds is 8. The van der Waals surface area contributed by atoms with E-state index in [2.05, 4.69) is 22.1 Å². The summed E-state index contributed by atoms with van der Waals surface area (Å²) in [6.45, 7) is 0. The van der Waals surface area contributed by atoms with E-state index in [9.17, 15) is 4.79 Å². The maximum absolute atomic E-state index is 12.6. The normalized spacial score (nSPS) is 11.9. The smallest absolute Gasteiger partial charge is 0.217 e. The van der Waals surface area contributed by atoms with Gasteiger partial charge in [0.1, 0.15) is 17.4 Å². The van der Waals surface area contributed by atoms with Crippen LogP contribution in [0.3, 0.4) is 0 Å². The second kappa shape index (κ2) is 10.6. The Labute approximate surface area is 230 Å². The van der Waals surface area contributed by atoms with E-state index in [1.54, 1.807) is 29.4 Å². The van der Waals surface area contributed by atoms with Crippen LogP contribution in [0.25, 0.3) is 33.5 Å². The Morgan fingerprint density at radius 1 is 0.923 bits per heavy atom. The zero-order valence-corrected chi connectivity index (χ0v) is 21.9. The van der Waals surface area contributed by atoms with Crippen molar-refractivity contribution >= 4 is 34.9 Å². The van der Waals surface area contributed by atoms with Gasteiger partial charge in [-0.2, -0.15) is 0 Å². The SMILES string of the molecule is Cn1c(-c2ccc(-c3ccccn3)cc2)cnc1[C@H](Cc1ccccn1)N(C=O)c1cc2cc(Cl)ccc2o1. The number of aromatic nitrogens is 4. The van der Waals surface area contributed by atoms with Crippen molar-refractivity contribution in [3.63, 3.8) is 0 Å². The van der Waals surface area contributed by atoms with Crippen molar-refractivity contribution in [1.29, 1.82) is 0 Å². The predicted molar refractivity (Wildman–Crippen MR) is 152 cm³/mol. The molecule has 1 amide bonds. The first kappa shape index (κ1) is 24.6. The molecule has 1 atom stereocenters. The highest BCUT2D eigenvalue weighted by Gasteiger charge is 2.29. The van der Waals surface area contributed by atoms with Crippen LogP contribution in [0.15, 0.2) is 108 Å². The number of carbonyl (C=O) groups is 1. The minimum atomic E-state index is -0.472. The van der Waals surface area contributed by atoms with Gasteiger partial charge in [0, 0.05) is 53.6 Å². The topological polar surface area (TPSA) is 77.1 Å². The Hall–Kier alpha value is -4.75. The molecule has 4 heterocycles. The number of carbonyl (C=O) groups excluding carboxylic acids is 1. The van der Waals surface area contributed by atoms with Crippen LogP contribution in [-0.2, 0) is 18.3 Å². The molecule has 2 aromatic carbocycles. The van der Waals surface area contributed by atoms with Crippen molar-refractivity contribution in [2.24, 2.45) is 7.05 Å². The number of anilines is 1. The summed E-state index contributed by atoms with van der Waals surface area (Å²) in [5.74, 6) is 1.11. The quantitative estimate of drug-likeness (QED) is 0.199. The van der Waals surface area contributed by atoms with Gasteiger partial charge in [0.05, 0.1) is 17.6 Å². The van der Waals surface area contributed by atoms with E-state index in [0.717, 1.165) is 40.0 Å². The molecular formula is C31H24ClN5O2. The molecule has 0 spiro atoms. The highest BCUT2D eigenvalue weighted by molar-refractivity contribution is 6.31. The van der Waals surface area contributed by atoms with Crippen LogP contribution in [0.5, 0.6) is 0 Å². The molecule has 192 valence electrons. The van der Waals surface area contributed by atoms with Crippen molar-refractivity contribution in [3.8, 4) is 22.5 Å². The fraction of sp³-hybridized carbons (Fsp3) is 0.0968. The molecule has 0 aliphatic carbocycles. The fourth-order valence-corrected chi connectivity index (χ4v) is 4.96. The lowest BCUT2D eigenvalue weighted by atomic mass is 10.1. The van der Waals surface area contributed by atoms with Gasteiger partial charge in [0.15, 0.2) is 0 Å². The summed E-state index contributed by atoms with van der Waals surface area (Å²) in [6, 6.07) is 26.5. The molecule has 0 aliphatic heterocycles. The highest BCUT2D eigenvalue weighted by Crippen LogP contribution is 2.35. The number of nitrogens with zero attached hydrogens (tertiary/aromatic N) is 5. The molecule has 7 nitrogen and oxygen atoms in total. The van der Waals surface area contributed by atoms with E-state index < -0.39 is 6.04 Å². The summed E-state index contributed by atoms with van der Waals surface area (Å²) in [5.41, 5.74) is 5.35. The molecule has 4 aromatic heterocycles. The molecular weight excluding hydrogens is 510 g/mol. The van der Waals surface area contributed by atoms with Crippen molar-refractivity contribution in [2.45, 2.75) is 12.5 Å². The molecule has 8 heteroatoms. The highest BCUT2D eigenvalue weighted by atomic mass is 35.5. The number of furan rings is 1. The van der Waals surface area contributed by atoms with E-state index in [1.807, 2.05) is 78.5 Å². The average Bonchev–Trinajstić information content (AvgIpc) is 3.57. The molecule has 0 saturated heterocycles. The molecule has 0 radical (unpaired) electrons. The largest absolute Gasteiger partial charge is 0.440 e. The number of hydrogen-bond donors (Lipinski definition) is 0. The number of amides is 1. The summed E-state index contributed by atoms with van der Waals surface area (Å²) in [5, 5.41) is 1.41. The van der Waals surface area contributed by atoms with E-state index in [-0.39, 0.29) is 0 Å². The van der Waals surface area contributed by atoms with Gasteiger partial charge in [-0.1, -0.05) is 48.0 Å². The van der Waals surface area contributed by atoms with Crippen LogP contribution < -0.4 is 4.90 Å². The summed E-state index contributed by atoms with van der Waals surface area (Å²) < 4.78 is 8.09. The molecule has 6 aromatic rings. The Kier molecular flexibility index (Phi) is 6.65. The lowest BCUT2D eigenvalue weighted by Gasteiger charge is -2.26. The number of fused-ring (bicyclic) bond motifs is 1. The zero-order chi connectivity index (χ0) is 26.8. The van der Waals surface area contributed by atoms with Gasteiger partial charge in [0.2, 0.25) is 12.3 Å². The first-order valence-corrected chi connectivity index (χ1v) is 12.8. The monoisotopic (exact) mass is 533 g/mol. The number of pyridine rings is 2. The molecule has 0 bridgehead atoms. The van der Waals surface area contributed by atoms with Crippen LogP contribution in [-0.4, -0.2) is 25.9 Å². The van der Waals surface area contributed by atoms with Crippen LogP contribution in [0, 0.1) is 0 Å². The van der Waals surface area contributed by atoms with Crippen molar-refractivity contribution in [1.82, 2.24) is 19.5 Å². The van der Waals surface area contributed by atoms with Crippen molar-refractivity contribution in [3.05, 3.63) is 120 Å². The third kappa shape index (κ3) is 4.92. The van der Waals surface area contributed by atoms with E-state index in [0.29, 0.717) is 28.7 Å². The second-order valence-corrected chi connectivity index (χ2v) is 9.61. The Morgan fingerprint density at radius 2 is 1.69 bits per heavy atom. The van der Waals surface area contributed by atoms with Gasteiger partial charge >= 0.3 is 0 Å². The summed E-state index contributed by atoms with van der Waals surface area (Å²) in [4.78, 5) is 27.9. The number of benzene rings is 2. The molecule has 0 unspecified atom stereocenters. The lowest BCUT2D eigenvalue weighted by molar-refractivity contribution is -0.108. The predicted octanol–water partition coefficient (Wildman–Crippen LogP) is 6.89. The number of imidazole rings is 1. The first-order chi connectivity index (χ1) is 19.1.